The lowest BCUT2D eigenvalue weighted by Crippen LogP contribution is -2.18. The molecule has 0 atom stereocenters. The summed E-state index contributed by atoms with van der Waals surface area (Å²) in [4.78, 5) is 13.1. The zero-order chi connectivity index (χ0) is 20.9. The van der Waals surface area contributed by atoms with E-state index in [1.807, 2.05) is 29.6 Å². The standard InChI is InChI=1S/C22H17ClFN3O2S/c23-15-4-1-3-14(11-15)18(27-26-17-8-6-16(24)7-9-17)13-29-19-12-25-22(28)21(19)20-5-2-10-30-20/h1-11,26H,12-13H2,(H,25,28). The number of anilines is 1. The van der Waals surface area contributed by atoms with Crippen LogP contribution in [0.1, 0.15) is 10.4 Å². The first-order chi connectivity index (χ1) is 14.6. The van der Waals surface area contributed by atoms with Gasteiger partial charge in [-0.05, 0) is 47.8 Å². The molecule has 1 aromatic heterocycles. The molecule has 2 N–H and O–H groups in total. The minimum atomic E-state index is -0.325. The van der Waals surface area contributed by atoms with Crippen LogP contribution in [0.3, 0.4) is 0 Å². The summed E-state index contributed by atoms with van der Waals surface area (Å²) in [5.74, 6) is 0.0893. The molecule has 152 valence electrons. The van der Waals surface area contributed by atoms with E-state index in [9.17, 15) is 9.18 Å². The molecule has 30 heavy (non-hydrogen) atoms. The summed E-state index contributed by atoms with van der Waals surface area (Å²) >= 11 is 7.62. The lowest BCUT2D eigenvalue weighted by atomic mass is 10.1. The number of hydrogen-bond acceptors (Lipinski definition) is 5. The molecule has 0 unspecified atom stereocenters. The van der Waals surface area contributed by atoms with Gasteiger partial charge < -0.3 is 10.1 Å². The molecule has 2 aromatic carbocycles. The van der Waals surface area contributed by atoms with E-state index in [0.29, 0.717) is 34.3 Å². The van der Waals surface area contributed by atoms with Crippen LogP contribution in [-0.4, -0.2) is 24.8 Å². The molecule has 0 saturated heterocycles. The second-order valence-electron chi connectivity index (χ2n) is 6.43. The summed E-state index contributed by atoms with van der Waals surface area (Å²) in [5.41, 5.74) is 5.44. The second kappa shape index (κ2) is 9.11. The van der Waals surface area contributed by atoms with Crippen molar-refractivity contribution in [1.29, 1.82) is 0 Å². The van der Waals surface area contributed by atoms with Crippen LogP contribution in [0.2, 0.25) is 5.02 Å². The summed E-state index contributed by atoms with van der Waals surface area (Å²) in [6.07, 6.45) is 0. The van der Waals surface area contributed by atoms with Gasteiger partial charge in [0.1, 0.15) is 23.9 Å². The molecule has 1 amide bonds. The SMILES string of the molecule is O=C1NCC(OCC(=NNc2ccc(F)cc2)c2cccc(Cl)c2)=C1c1cccs1. The number of hydrogen-bond donors (Lipinski definition) is 2. The van der Waals surface area contributed by atoms with Gasteiger partial charge in [-0.1, -0.05) is 29.8 Å². The number of amides is 1. The van der Waals surface area contributed by atoms with Crippen molar-refractivity contribution in [1.82, 2.24) is 5.32 Å². The third-order valence-electron chi connectivity index (χ3n) is 4.39. The fourth-order valence-corrected chi connectivity index (χ4v) is 3.89. The molecule has 8 heteroatoms. The van der Waals surface area contributed by atoms with Crippen LogP contribution in [-0.2, 0) is 9.53 Å². The fraction of sp³-hybridized carbons (Fsp3) is 0.0909. The Labute approximate surface area is 181 Å². The van der Waals surface area contributed by atoms with Crippen LogP contribution >= 0.6 is 22.9 Å². The molecule has 0 saturated carbocycles. The number of nitrogens with one attached hydrogen (secondary N) is 2. The van der Waals surface area contributed by atoms with E-state index >= 15 is 0 Å². The number of ether oxygens (including phenoxy) is 1. The van der Waals surface area contributed by atoms with E-state index in [1.165, 1.54) is 23.5 Å². The van der Waals surface area contributed by atoms with Gasteiger partial charge in [-0.2, -0.15) is 5.10 Å². The summed E-state index contributed by atoms with van der Waals surface area (Å²) < 4.78 is 19.1. The second-order valence-corrected chi connectivity index (χ2v) is 7.82. The molecule has 0 radical (unpaired) electrons. The lowest BCUT2D eigenvalue weighted by molar-refractivity contribution is -0.114. The van der Waals surface area contributed by atoms with E-state index in [0.717, 1.165) is 10.4 Å². The van der Waals surface area contributed by atoms with Crippen molar-refractivity contribution in [3.8, 4) is 0 Å². The zero-order valence-electron chi connectivity index (χ0n) is 15.7. The van der Waals surface area contributed by atoms with Gasteiger partial charge in [0, 0.05) is 15.5 Å². The fourth-order valence-electron chi connectivity index (χ4n) is 2.92. The highest BCUT2D eigenvalue weighted by molar-refractivity contribution is 7.11. The normalized spacial score (nSPS) is 14.1. The van der Waals surface area contributed by atoms with E-state index in [4.69, 9.17) is 16.3 Å². The van der Waals surface area contributed by atoms with Crippen LogP contribution in [0, 0.1) is 5.82 Å². The number of hydrazone groups is 1. The van der Waals surface area contributed by atoms with Gasteiger partial charge in [-0.25, -0.2) is 4.39 Å². The number of carbonyl (C=O) groups excluding carboxylic acids is 1. The van der Waals surface area contributed by atoms with Crippen LogP contribution in [0.15, 0.2) is 76.9 Å². The number of rotatable bonds is 7. The van der Waals surface area contributed by atoms with E-state index in [-0.39, 0.29) is 18.3 Å². The number of benzene rings is 2. The van der Waals surface area contributed by atoms with Crippen molar-refractivity contribution in [3.05, 3.63) is 93.1 Å². The Hall–Kier alpha value is -3.16. The summed E-state index contributed by atoms with van der Waals surface area (Å²) in [6.45, 7) is 0.438. The average molecular weight is 442 g/mol. The quantitative estimate of drug-likeness (QED) is 0.404. The first-order valence-electron chi connectivity index (χ1n) is 9.12. The minimum absolute atomic E-state index is 0.119. The van der Waals surface area contributed by atoms with Gasteiger partial charge in [0.15, 0.2) is 0 Å². The maximum atomic E-state index is 13.1. The average Bonchev–Trinajstić information content (AvgIpc) is 3.39. The highest BCUT2D eigenvalue weighted by Gasteiger charge is 2.26. The van der Waals surface area contributed by atoms with Gasteiger partial charge in [-0.3, -0.25) is 10.2 Å². The molecule has 3 aromatic rings. The van der Waals surface area contributed by atoms with Crippen molar-refractivity contribution in [2.75, 3.05) is 18.6 Å². The van der Waals surface area contributed by atoms with Crippen molar-refractivity contribution in [2.24, 2.45) is 5.10 Å². The van der Waals surface area contributed by atoms with Crippen molar-refractivity contribution in [2.45, 2.75) is 0 Å². The predicted octanol–water partition coefficient (Wildman–Crippen LogP) is 4.91. The molecule has 1 aliphatic rings. The van der Waals surface area contributed by atoms with Crippen molar-refractivity contribution < 1.29 is 13.9 Å². The lowest BCUT2D eigenvalue weighted by Gasteiger charge is -2.12. The molecular formula is C22H17ClFN3O2S. The van der Waals surface area contributed by atoms with Gasteiger partial charge in [0.05, 0.1) is 17.8 Å². The summed E-state index contributed by atoms with van der Waals surface area (Å²) in [6, 6.07) is 16.9. The van der Waals surface area contributed by atoms with E-state index in [1.54, 1.807) is 24.3 Å². The highest BCUT2D eigenvalue weighted by atomic mass is 35.5. The Morgan fingerprint density at radius 1 is 1.20 bits per heavy atom. The maximum Gasteiger partial charge on any atom is 0.256 e. The highest BCUT2D eigenvalue weighted by Crippen LogP contribution is 2.27. The third kappa shape index (κ3) is 4.69. The Morgan fingerprint density at radius 3 is 2.77 bits per heavy atom. The molecule has 1 aliphatic heterocycles. The van der Waals surface area contributed by atoms with Crippen LogP contribution in [0.25, 0.3) is 5.57 Å². The van der Waals surface area contributed by atoms with E-state index < -0.39 is 0 Å². The number of carbonyl (C=O) groups is 1. The molecule has 0 bridgehead atoms. The van der Waals surface area contributed by atoms with Gasteiger partial charge in [0.25, 0.3) is 5.91 Å². The molecule has 4 rings (SSSR count). The van der Waals surface area contributed by atoms with Crippen molar-refractivity contribution in [3.63, 3.8) is 0 Å². The number of nitrogens with zero attached hydrogens (tertiary/aromatic N) is 1. The molecule has 0 aliphatic carbocycles. The Bertz CT molecular complexity index is 1110. The van der Waals surface area contributed by atoms with E-state index in [2.05, 4.69) is 15.8 Å². The number of halogens is 2. The van der Waals surface area contributed by atoms with Gasteiger partial charge >= 0.3 is 0 Å². The molecule has 2 heterocycles. The largest absolute Gasteiger partial charge is 0.489 e. The van der Waals surface area contributed by atoms with Crippen molar-refractivity contribution >= 4 is 45.8 Å². The summed E-state index contributed by atoms with van der Waals surface area (Å²) in [7, 11) is 0. The molecular weight excluding hydrogens is 425 g/mol. The summed E-state index contributed by atoms with van der Waals surface area (Å²) in [5, 5.41) is 9.72. The monoisotopic (exact) mass is 441 g/mol. The minimum Gasteiger partial charge on any atom is -0.489 e. The Balaban J connectivity index is 1.59. The first kappa shape index (κ1) is 20.1. The molecule has 0 fully saturated rings. The maximum absolute atomic E-state index is 13.1. The first-order valence-corrected chi connectivity index (χ1v) is 10.4. The van der Waals surface area contributed by atoms with Crippen LogP contribution in [0.5, 0.6) is 0 Å². The van der Waals surface area contributed by atoms with Crippen LogP contribution < -0.4 is 10.7 Å². The predicted molar refractivity (Wildman–Crippen MR) is 118 cm³/mol. The van der Waals surface area contributed by atoms with Crippen LogP contribution in [0.4, 0.5) is 10.1 Å². The topological polar surface area (TPSA) is 62.7 Å². The zero-order valence-corrected chi connectivity index (χ0v) is 17.3. The third-order valence-corrected chi connectivity index (χ3v) is 5.51. The smallest absolute Gasteiger partial charge is 0.256 e. The Kier molecular flexibility index (Phi) is 6.11. The van der Waals surface area contributed by atoms with Gasteiger partial charge in [0.2, 0.25) is 0 Å². The molecule has 0 spiro atoms. The van der Waals surface area contributed by atoms with Gasteiger partial charge in [-0.15, -0.1) is 11.3 Å². The number of thiophene rings is 1. The molecule has 5 nitrogen and oxygen atoms in total. The Morgan fingerprint density at radius 2 is 2.03 bits per heavy atom.